The Balaban J connectivity index is 2.09. The second-order valence-electron chi connectivity index (χ2n) is 4.12. The van der Waals surface area contributed by atoms with Gasteiger partial charge in [0.15, 0.2) is 0 Å². The Bertz CT molecular complexity index is 225. The minimum Gasteiger partial charge on any atom is -0.347 e. The standard InChI is InChI=1S/C10H17F3N2O/c11-10(12,13)7-15-9(16)2-1-8-3-5-14-6-4-8/h8,14H,1-7H2,(H,15,16). The summed E-state index contributed by atoms with van der Waals surface area (Å²) in [4.78, 5) is 11.1. The minimum absolute atomic E-state index is 0.195. The Morgan fingerprint density at radius 2 is 1.94 bits per heavy atom. The molecule has 0 aromatic heterocycles. The molecule has 94 valence electrons. The van der Waals surface area contributed by atoms with Gasteiger partial charge in [0, 0.05) is 6.42 Å². The van der Waals surface area contributed by atoms with Crippen LogP contribution in [0.1, 0.15) is 25.7 Å². The van der Waals surface area contributed by atoms with Gasteiger partial charge in [-0.05, 0) is 38.3 Å². The Morgan fingerprint density at radius 3 is 2.50 bits per heavy atom. The molecule has 0 aromatic carbocycles. The van der Waals surface area contributed by atoms with Crippen molar-refractivity contribution in [1.29, 1.82) is 0 Å². The van der Waals surface area contributed by atoms with E-state index in [1.807, 2.05) is 5.32 Å². The van der Waals surface area contributed by atoms with Crippen LogP contribution in [-0.2, 0) is 4.79 Å². The molecular weight excluding hydrogens is 221 g/mol. The fourth-order valence-corrected chi connectivity index (χ4v) is 1.79. The number of nitrogens with one attached hydrogen (secondary N) is 2. The zero-order chi connectivity index (χ0) is 12.0. The number of carbonyl (C=O) groups is 1. The van der Waals surface area contributed by atoms with Crippen molar-refractivity contribution in [2.75, 3.05) is 19.6 Å². The fourth-order valence-electron chi connectivity index (χ4n) is 1.79. The number of halogens is 3. The predicted molar refractivity (Wildman–Crippen MR) is 53.9 cm³/mol. The summed E-state index contributed by atoms with van der Waals surface area (Å²) in [5.41, 5.74) is 0. The smallest absolute Gasteiger partial charge is 0.347 e. The number of alkyl halides is 3. The minimum atomic E-state index is -4.32. The first kappa shape index (κ1) is 13.3. The summed E-state index contributed by atoms with van der Waals surface area (Å²) in [6.07, 6.45) is -1.42. The molecule has 0 radical (unpaired) electrons. The second kappa shape index (κ2) is 6.08. The van der Waals surface area contributed by atoms with Crippen molar-refractivity contribution in [2.45, 2.75) is 31.9 Å². The highest BCUT2D eigenvalue weighted by Crippen LogP contribution is 2.17. The van der Waals surface area contributed by atoms with E-state index in [2.05, 4.69) is 5.32 Å². The molecule has 0 aromatic rings. The van der Waals surface area contributed by atoms with Gasteiger partial charge in [-0.3, -0.25) is 4.79 Å². The summed E-state index contributed by atoms with van der Waals surface area (Å²) in [5.74, 6) is -0.0336. The molecule has 0 spiro atoms. The van der Waals surface area contributed by atoms with Gasteiger partial charge in [0.05, 0.1) is 0 Å². The SMILES string of the molecule is O=C(CCC1CCNCC1)NCC(F)(F)F. The Labute approximate surface area is 92.8 Å². The summed E-state index contributed by atoms with van der Waals surface area (Å²) >= 11 is 0. The average molecular weight is 238 g/mol. The van der Waals surface area contributed by atoms with Gasteiger partial charge in [-0.2, -0.15) is 13.2 Å². The summed E-state index contributed by atoms with van der Waals surface area (Å²) < 4.78 is 35.4. The van der Waals surface area contributed by atoms with Crippen LogP contribution in [0.4, 0.5) is 13.2 Å². The van der Waals surface area contributed by atoms with E-state index in [0.29, 0.717) is 12.3 Å². The number of amides is 1. The molecule has 0 saturated carbocycles. The Hall–Kier alpha value is -0.780. The van der Waals surface area contributed by atoms with Crippen molar-refractivity contribution >= 4 is 5.91 Å². The molecule has 2 N–H and O–H groups in total. The van der Waals surface area contributed by atoms with E-state index in [9.17, 15) is 18.0 Å². The van der Waals surface area contributed by atoms with Gasteiger partial charge in [0.1, 0.15) is 6.54 Å². The van der Waals surface area contributed by atoms with Crippen LogP contribution in [-0.4, -0.2) is 31.7 Å². The van der Waals surface area contributed by atoms with Gasteiger partial charge in [-0.15, -0.1) is 0 Å². The number of piperidine rings is 1. The largest absolute Gasteiger partial charge is 0.405 e. The molecule has 1 saturated heterocycles. The van der Waals surface area contributed by atoms with Gasteiger partial charge in [0.25, 0.3) is 0 Å². The summed E-state index contributed by atoms with van der Waals surface area (Å²) in [6.45, 7) is 0.654. The van der Waals surface area contributed by atoms with Gasteiger partial charge in [-0.1, -0.05) is 0 Å². The van der Waals surface area contributed by atoms with Crippen molar-refractivity contribution in [3.8, 4) is 0 Å². The van der Waals surface area contributed by atoms with Crippen molar-refractivity contribution in [2.24, 2.45) is 5.92 Å². The van der Waals surface area contributed by atoms with Crippen LogP contribution < -0.4 is 10.6 Å². The first-order valence-corrected chi connectivity index (χ1v) is 5.51. The van der Waals surface area contributed by atoms with Crippen molar-refractivity contribution < 1.29 is 18.0 Å². The third kappa shape index (κ3) is 5.95. The Kier molecular flexibility index (Phi) is 5.05. The number of hydrogen-bond acceptors (Lipinski definition) is 2. The zero-order valence-corrected chi connectivity index (χ0v) is 9.07. The molecular formula is C10H17F3N2O. The molecule has 1 heterocycles. The van der Waals surface area contributed by atoms with E-state index in [0.717, 1.165) is 25.9 Å². The van der Waals surface area contributed by atoms with E-state index < -0.39 is 18.6 Å². The van der Waals surface area contributed by atoms with E-state index in [4.69, 9.17) is 0 Å². The Morgan fingerprint density at radius 1 is 1.31 bits per heavy atom. The lowest BCUT2D eigenvalue weighted by molar-refractivity contribution is -0.138. The van der Waals surface area contributed by atoms with Gasteiger partial charge in [-0.25, -0.2) is 0 Å². The molecule has 3 nitrogen and oxygen atoms in total. The van der Waals surface area contributed by atoms with Crippen molar-refractivity contribution in [3.05, 3.63) is 0 Å². The molecule has 6 heteroatoms. The normalized spacial score (nSPS) is 18.4. The van der Waals surface area contributed by atoms with Crippen LogP contribution in [0.25, 0.3) is 0 Å². The van der Waals surface area contributed by atoms with E-state index in [-0.39, 0.29) is 6.42 Å². The quantitative estimate of drug-likeness (QED) is 0.778. The topological polar surface area (TPSA) is 41.1 Å². The maximum Gasteiger partial charge on any atom is 0.405 e. The van der Waals surface area contributed by atoms with E-state index >= 15 is 0 Å². The van der Waals surface area contributed by atoms with Gasteiger partial charge in [0.2, 0.25) is 5.91 Å². The highest BCUT2D eigenvalue weighted by molar-refractivity contribution is 5.75. The highest BCUT2D eigenvalue weighted by atomic mass is 19.4. The summed E-state index contributed by atoms with van der Waals surface area (Å²) in [7, 11) is 0. The fraction of sp³-hybridized carbons (Fsp3) is 0.900. The molecule has 16 heavy (non-hydrogen) atoms. The van der Waals surface area contributed by atoms with Crippen LogP contribution in [0.15, 0.2) is 0 Å². The van der Waals surface area contributed by atoms with Crippen LogP contribution >= 0.6 is 0 Å². The number of carbonyl (C=O) groups excluding carboxylic acids is 1. The van der Waals surface area contributed by atoms with Crippen LogP contribution in [0.3, 0.4) is 0 Å². The highest BCUT2D eigenvalue weighted by Gasteiger charge is 2.27. The molecule has 0 unspecified atom stereocenters. The predicted octanol–water partition coefficient (Wildman–Crippen LogP) is 1.44. The lowest BCUT2D eigenvalue weighted by atomic mass is 9.93. The average Bonchev–Trinajstić information content (AvgIpc) is 2.24. The summed E-state index contributed by atoms with van der Waals surface area (Å²) in [5, 5.41) is 5.08. The summed E-state index contributed by atoms with van der Waals surface area (Å²) in [6, 6.07) is 0. The van der Waals surface area contributed by atoms with Crippen molar-refractivity contribution in [1.82, 2.24) is 10.6 Å². The zero-order valence-electron chi connectivity index (χ0n) is 9.07. The second-order valence-corrected chi connectivity index (χ2v) is 4.12. The van der Waals surface area contributed by atoms with Crippen molar-refractivity contribution in [3.63, 3.8) is 0 Å². The first-order valence-electron chi connectivity index (χ1n) is 5.51. The van der Waals surface area contributed by atoms with E-state index in [1.165, 1.54) is 0 Å². The van der Waals surface area contributed by atoms with Gasteiger partial charge >= 0.3 is 6.18 Å². The van der Waals surface area contributed by atoms with E-state index in [1.54, 1.807) is 0 Å². The molecule has 0 bridgehead atoms. The maximum atomic E-state index is 11.8. The van der Waals surface area contributed by atoms with Crippen LogP contribution in [0.2, 0.25) is 0 Å². The molecule has 1 fully saturated rings. The molecule has 1 amide bonds. The van der Waals surface area contributed by atoms with Crippen LogP contribution in [0, 0.1) is 5.92 Å². The molecule has 1 aliphatic heterocycles. The monoisotopic (exact) mass is 238 g/mol. The first-order chi connectivity index (χ1) is 7.47. The molecule has 1 rings (SSSR count). The number of hydrogen-bond donors (Lipinski definition) is 2. The van der Waals surface area contributed by atoms with Gasteiger partial charge < -0.3 is 10.6 Å². The third-order valence-corrected chi connectivity index (χ3v) is 2.72. The molecule has 0 aliphatic carbocycles. The lowest BCUT2D eigenvalue weighted by Gasteiger charge is -2.22. The maximum absolute atomic E-state index is 11.8. The molecule has 1 aliphatic rings. The molecule has 0 atom stereocenters. The lowest BCUT2D eigenvalue weighted by Crippen LogP contribution is -2.34. The van der Waals surface area contributed by atoms with Crippen LogP contribution in [0.5, 0.6) is 0 Å². The number of rotatable bonds is 4. The third-order valence-electron chi connectivity index (χ3n) is 2.72.